The zero-order valence-electron chi connectivity index (χ0n) is 7.68. The third-order valence-electron chi connectivity index (χ3n) is 2.37. The number of carbonyl (C=O) groups is 1. The Balaban J connectivity index is 1.95. The van der Waals surface area contributed by atoms with Gasteiger partial charge in [0.15, 0.2) is 0 Å². The normalized spacial score (nSPS) is 26.6. The van der Waals surface area contributed by atoms with Crippen molar-refractivity contribution in [1.82, 2.24) is 4.98 Å². The summed E-state index contributed by atoms with van der Waals surface area (Å²) in [4.78, 5) is 16.7. The van der Waals surface area contributed by atoms with E-state index in [9.17, 15) is 4.79 Å². The lowest BCUT2D eigenvalue weighted by Crippen LogP contribution is -2.34. The van der Waals surface area contributed by atoms with E-state index >= 15 is 0 Å². The van der Waals surface area contributed by atoms with Crippen LogP contribution < -0.4 is 5.73 Å². The molecule has 1 aromatic heterocycles. The third kappa shape index (κ3) is 2.00. The van der Waals surface area contributed by atoms with Crippen molar-refractivity contribution in [3.8, 4) is 0 Å². The smallest absolute Gasteiger partial charge is 0.145 e. The number of hydrogen-bond acceptors (Lipinski definition) is 5. The van der Waals surface area contributed by atoms with Crippen LogP contribution in [-0.2, 0) is 16.0 Å². The Morgan fingerprint density at radius 2 is 2.57 bits per heavy atom. The topological polar surface area (TPSA) is 65.2 Å². The van der Waals surface area contributed by atoms with E-state index in [1.165, 1.54) is 11.3 Å². The second-order valence-electron chi connectivity index (χ2n) is 3.42. The summed E-state index contributed by atoms with van der Waals surface area (Å²) in [5, 5.41) is 0. The van der Waals surface area contributed by atoms with Gasteiger partial charge in [0, 0.05) is 23.5 Å². The monoisotopic (exact) mass is 212 g/mol. The van der Waals surface area contributed by atoms with E-state index in [0.29, 0.717) is 19.6 Å². The lowest BCUT2D eigenvalue weighted by Gasteiger charge is -2.10. The number of thiazole rings is 1. The van der Waals surface area contributed by atoms with Crippen molar-refractivity contribution in [2.45, 2.75) is 12.5 Å². The molecular formula is C9H12N2O2S. The molecule has 2 heterocycles. The molecule has 1 fully saturated rings. The summed E-state index contributed by atoms with van der Waals surface area (Å²) < 4.78 is 5.15. The maximum Gasteiger partial charge on any atom is 0.145 e. The summed E-state index contributed by atoms with van der Waals surface area (Å²) in [7, 11) is 0. The lowest BCUT2D eigenvalue weighted by atomic mass is 9.97. The molecule has 2 N–H and O–H groups in total. The van der Waals surface area contributed by atoms with E-state index in [2.05, 4.69) is 4.98 Å². The van der Waals surface area contributed by atoms with E-state index in [4.69, 9.17) is 10.5 Å². The summed E-state index contributed by atoms with van der Waals surface area (Å²) >= 11 is 1.50. The Hall–Kier alpha value is -0.780. The number of nitrogens with zero attached hydrogens (tertiary/aromatic N) is 1. The molecule has 1 aliphatic rings. The van der Waals surface area contributed by atoms with Gasteiger partial charge in [0.2, 0.25) is 0 Å². The third-order valence-corrected chi connectivity index (χ3v) is 3.15. The molecule has 4 nitrogen and oxygen atoms in total. The number of Topliss-reactive ketones (excluding diaryl/α,β-unsaturated/α-hetero) is 1. The maximum atomic E-state index is 11.7. The summed E-state index contributed by atoms with van der Waals surface area (Å²) in [6.45, 7) is 0.970. The Kier molecular flexibility index (Phi) is 2.90. The molecule has 2 atom stereocenters. The van der Waals surface area contributed by atoms with Gasteiger partial charge in [-0.05, 0) is 0 Å². The van der Waals surface area contributed by atoms with Crippen LogP contribution in [0.2, 0.25) is 0 Å². The van der Waals surface area contributed by atoms with Gasteiger partial charge in [0.05, 0.1) is 24.6 Å². The number of ketones is 1. The molecule has 2 rings (SSSR count). The summed E-state index contributed by atoms with van der Waals surface area (Å²) in [5.41, 5.74) is 7.48. The zero-order valence-corrected chi connectivity index (χ0v) is 8.50. The molecule has 0 spiro atoms. The first-order valence-corrected chi connectivity index (χ1v) is 5.38. The fourth-order valence-corrected chi connectivity index (χ4v) is 2.14. The molecule has 1 aliphatic heterocycles. The van der Waals surface area contributed by atoms with Crippen LogP contribution in [0.15, 0.2) is 11.7 Å². The van der Waals surface area contributed by atoms with E-state index in [1.807, 2.05) is 0 Å². The van der Waals surface area contributed by atoms with Gasteiger partial charge in [-0.3, -0.25) is 9.78 Å². The largest absolute Gasteiger partial charge is 0.379 e. The highest BCUT2D eigenvalue weighted by molar-refractivity contribution is 7.09. The van der Waals surface area contributed by atoms with Crippen LogP contribution in [0.25, 0.3) is 0 Å². The molecule has 76 valence electrons. The van der Waals surface area contributed by atoms with E-state index in [1.54, 1.807) is 11.7 Å². The summed E-state index contributed by atoms with van der Waals surface area (Å²) in [6.07, 6.45) is 2.16. The van der Waals surface area contributed by atoms with Gasteiger partial charge in [-0.25, -0.2) is 0 Å². The molecule has 0 aromatic carbocycles. The molecule has 0 saturated carbocycles. The van der Waals surface area contributed by atoms with Crippen molar-refractivity contribution < 1.29 is 9.53 Å². The van der Waals surface area contributed by atoms with Crippen molar-refractivity contribution >= 4 is 17.1 Å². The van der Waals surface area contributed by atoms with Gasteiger partial charge in [0.1, 0.15) is 5.78 Å². The molecule has 0 aliphatic carbocycles. The van der Waals surface area contributed by atoms with Crippen LogP contribution in [0.5, 0.6) is 0 Å². The van der Waals surface area contributed by atoms with Crippen LogP contribution in [0, 0.1) is 5.92 Å². The second kappa shape index (κ2) is 4.16. The predicted octanol–water partition coefficient (Wildman–Crippen LogP) is 0.228. The van der Waals surface area contributed by atoms with Gasteiger partial charge in [-0.15, -0.1) is 11.3 Å². The van der Waals surface area contributed by atoms with Crippen LogP contribution in [0.4, 0.5) is 0 Å². The van der Waals surface area contributed by atoms with Gasteiger partial charge in [0.25, 0.3) is 0 Å². The SMILES string of the molecule is NC1COCC1C(=O)Cc1cncs1. The highest BCUT2D eigenvalue weighted by Crippen LogP contribution is 2.16. The van der Waals surface area contributed by atoms with E-state index in [-0.39, 0.29) is 17.7 Å². The van der Waals surface area contributed by atoms with Crippen LogP contribution >= 0.6 is 11.3 Å². The minimum atomic E-state index is -0.129. The van der Waals surface area contributed by atoms with Gasteiger partial charge in [-0.1, -0.05) is 0 Å². The predicted molar refractivity (Wildman–Crippen MR) is 53.1 cm³/mol. The molecular weight excluding hydrogens is 200 g/mol. The molecule has 2 unspecified atom stereocenters. The standard InChI is InChI=1S/C9H12N2O2S/c10-8-4-13-3-7(8)9(12)1-6-2-11-5-14-6/h2,5,7-8H,1,3-4,10H2. The first kappa shape index (κ1) is 9.76. The van der Waals surface area contributed by atoms with Crippen LogP contribution in [-0.4, -0.2) is 30.0 Å². The van der Waals surface area contributed by atoms with Crippen molar-refractivity contribution in [1.29, 1.82) is 0 Å². The molecule has 0 radical (unpaired) electrons. The highest BCUT2D eigenvalue weighted by atomic mass is 32.1. The van der Waals surface area contributed by atoms with E-state index < -0.39 is 0 Å². The van der Waals surface area contributed by atoms with Gasteiger partial charge < -0.3 is 10.5 Å². The van der Waals surface area contributed by atoms with Gasteiger partial charge >= 0.3 is 0 Å². The lowest BCUT2D eigenvalue weighted by molar-refractivity contribution is -0.122. The molecule has 14 heavy (non-hydrogen) atoms. The minimum absolute atomic E-state index is 0.128. The zero-order chi connectivity index (χ0) is 9.97. The Labute approximate surface area is 86.1 Å². The minimum Gasteiger partial charge on any atom is -0.379 e. The quantitative estimate of drug-likeness (QED) is 0.779. The number of nitrogens with two attached hydrogens (primary N) is 1. The van der Waals surface area contributed by atoms with Crippen LogP contribution in [0.3, 0.4) is 0 Å². The maximum absolute atomic E-state index is 11.7. The first-order chi connectivity index (χ1) is 6.77. The molecule has 5 heteroatoms. The van der Waals surface area contributed by atoms with E-state index in [0.717, 1.165) is 4.88 Å². The number of rotatable bonds is 3. The highest BCUT2D eigenvalue weighted by Gasteiger charge is 2.30. The van der Waals surface area contributed by atoms with Crippen molar-refractivity contribution in [2.75, 3.05) is 13.2 Å². The molecule has 1 aromatic rings. The number of aromatic nitrogens is 1. The Bertz CT molecular complexity index is 313. The number of carbonyl (C=O) groups excluding carboxylic acids is 1. The molecule has 1 saturated heterocycles. The first-order valence-electron chi connectivity index (χ1n) is 4.51. The fraction of sp³-hybridized carbons (Fsp3) is 0.556. The number of ether oxygens (including phenoxy) is 1. The molecule has 0 amide bonds. The average molecular weight is 212 g/mol. The Morgan fingerprint density at radius 1 is 1.71 bits per heavy atom. The molecule has 0 bridgehead atoms. The second-order valence-corrected chi connectivity index (χ2v) is 4.39. The van der Waals surface area contributed by atoms with Crippen LogP contribution in [0.1, 0.15) is 4.88 Å². The van der Waals surface area contributed by atoms with Crippen molar-refractivity contribution in [3.05, 3.63) is 16.6 Å². The fourth-order valence-electron chi connectivity index (χ4n) is 1.53. The van der Waals surface area contributed by atoms with Crippen molar-refractivity contribution in [2.24, 2.45) is 11.7 Å². The van der Waals surface area contributed by atoms with Gasteiger partial charge in [-0.2, -0.15) is 0 Å². The van der Waals surface area contributed by atoms with Crippen molar-refractivity contribution in [3.63, 3.8) is 0 Å². The summed E-state index contributed by atoms with van der Waals surface area (Å²) in [6, 6.07) is -0.129. The Morgan fingerprint density at radius 3 is 3.14 bits per heavy atom. The summed E-state index contributed by atoms with van der Waals surface area (Å²) in [5.74, 6) is 0.0383. The number of hydrogen-bond donors (Lipinski definition) is 1. The average Bonchev–Trinajstić information content (AvgIpc) is 2.75.